The molecule has 1 aliphatic heterocycles. The molecule has 1 aromatic heterocycles. The lowest BCUT2D eigenvalue weighted by Gasteiger charge is -2.03. The summed E-state index contributed by atoms with van der Waals surface area (Å²) in [6.45, 7) is 0.840. The zero-order valence-corrected chi connectivity index (χ0v) is 7.25. The van der Waals surface area contributed by atoms with Crippen molar-refractivity contribution in [3.63, 3.8) is 0 Å². The molecule has 0 radical (unpaired) electrons. The predicted molar refractivity (Wildman–Crippen MR) is 42.0 cm³/mol. The van der Waals surface area contributed by atoms with Gasteiger partial charge in [0.05, 0.1) is 12.5 Å². The topological polar surface area (TPSA) is 48.2 Å². The molecule has 1 aliphatic rings. The Morgan fingerprint density at radius 3 is 3.08 bits per heavy atom. The number of halogens is 1. The van der Waals surface area contributed by atoms with Crippen molar-refractivity contribution in [3.05, 3.63) is 11.2 Å². The molecule has 0 bridgehead atoms. The largest absolute Gasteiger partial charge is 0.378 e. The van der Waals surface area contributed by atoms with E-state index in [9.17, 15) is 0 Å². The van der Waals surface area contributed by atoms with Gasteiger partial charge < -0.3 is 9.26 Å². The van der Waals surface area contributed by atoms with Crippen LogP contribution in [0.2, 0.25) is 5.28 Å². The van der Waals surface area contributed by atoms with E-state index in [4.69, 9.17) is 20.9 Å². The van der Waals surface area contributed by atoms with Crippen LogP contribution in [0, 0.1) is 0 Å². The second-order valence-corrected chi connectivity index (χ2v) is 3.13. The molecule has 1 unspecified atom stereocenters. The van der Waals surface area contributed by atoms with Gasteiger partial charge in [0, 0.05) is 6.61 Å². The van der Waals surface area contributed by atoms with Crippen LogP contribution in [0.25, 0.3) is 0 Å². The van der Waals surface area contributed by atoms with Crippen LogP contribution in [0.5, 0.6) is 0 Å². The molecule has 0 saturated carbocycles. The quantitative estimate of drug-likeness (QED) is 0.705. The van der Waals surface area contributed by atoms with E-state index in [1.807, 2.05) is 0 Å². The molecule has 1 fully saturated rings. The van der Waals surface area contributed by atoms with Crippen molar-refractivity contribution in [3.8, 4) is 0 Å². The molecule has 2 heterocycles. The first-order chi connectivity index (χ1) is 5.84. The smallest absolute Gasteiger partial charge is 0.263 e. The summed E-state index contributed by atoms with van der Waals surface area (Å²) < 4.78 is 10.2. The summed E-state index contributed by atoms with van der Waals surface area (Å²) in [6.07, 6.45) is 3.10. The van der Waals surface area contributed by atoms with Crippen molar-refractivity contribution in [2.45, 2.75) is 25.4 Å². The Balaban J connectivity index is 1.94. The zero-order chi connectivity index (χ0) is 8.39. The molecule has 4 nitrogen and oxygen atoms in total. The fraction of sp³-hybridized carbons (Fsp3) is 0.714. The zero-order valence-electron chi connectivity index (χ0n) is 6.49. The fourth-order valence-corrected chi connectivity index (χ4v) is 1.45. The van der Waals surface area contributed by atoms with Gasteiger partial charge >= 0.3 is 0 Å². The molecular formula is C7H9ClN2O2. The van der Waals surface area contributed by atoms with Crippen LogP contribution in [0.4, 0.5) is 0 Å². The van der Waals surface area contributed by atoms with E-state index in [2.05, 4.69) is 10.1 Å². The average molecular weight is 189 g/mol. The van der Waals surface area contributed by atoms with Crippen molar-refractivity contribution in [1.29, 1.82) is 0 Å². The first-order valence-corrected chi connectivity index (χ1v) is 4.32. The molecule has 66 valence electrons. The molecule has 0 spiro atoms. The average Bonchev–Trinajstić information content (AvgIpc) is 2.63. The maximum atomic E-state index is 5.49. The number of hydrogen-bond acceptors (Lipinski definition) is 4. The second-order valence-electron chi connectivity index (χ2n) is 2.80. The van der Waals surface area contributed by atoms with Crippen LogP contribution in [0.15, 0.2) is 4.52 Å². The molecule has 2 rings (SSSR count). The highest BCUT2D eigenvalue weighted by molar-refractivity contribution is 6.28. The molecule has 12 heavy (non-hydrogen) atoms. The molecule has 0 aromatic carbocycles. The van der Waals surface area contributed by atoms with E-state index in [-0.39, 0.29) is 11.4 Å². The van der Waals surface area contributed by atoms with Crippen molar-refractivity contribution >= 4 is 11.6 Å². The summed E-state index contributed by atoms with van der Waals surface area (Å²) in [7, 11) is 0. The van der Waals surface area contributed by atoms with Crippen LogP contribution in [-0.2, 0) is 11.2 Å². The minimum Gasteiger partial charge on any atom is -0.378 e. The van der Waals surface area contributed by atoms with E-state index < -0.39 is 0 Å². The summed E-state index contributed by atoms with van der Waals surface area (Å²) in [4.78, 5) is 3.88. The monoisotopic (exact) mass is 188 g/mol. The minimum atomic E-state index is 0.169. The Morgan fingerprint density at radius 1 is 1.58 bits per heavy atom. The Labute approximate surface area is 74.9 Å². The fourth-order valence-electron chi connectivity index (χ4n) is 1.32. The highest BCUT2D eigenvalue weighted by atomic mass is 35.5. The summed E-state index contributed by atoms with van der Waals surface area (Å²) >= 11 is 5.49. The third kappa shape index (κ3) is 1.76. The van der Waals surface area contributed by atoms with Crippen LogP contribution in [0.1, 0.15) is 18.7 Å². The minimum absolute atomic E-state index is 0.169. The summed E-state index contributed by atoms with van der Waals surface area (Å²) in [5, 5.41) is 3.65. The summed E-state index contributed by atoms with van der Waals surface area (Å²) in [5.41, 5.74) is 0. The van der Waals surface area contributed by atoms with Gasteiger partial charge in [-0.25, -0.2) is 0 Å². The number of aromatic nitrogens is 2. The number of ether oxygens (including phenoxy) is 1. The van der Waals surface area contributed by atoms with Crippen molar-refractivity contribution < 1.29 is 9.26 Å². The van der Waals surface area contributed by atoms with Gasteiger partial charge in [0.2, 0.25) is 5.89 Å². The first kappa shape index (κ1) is 8.01. The number of nitrogens with zero attached hydrogens (tertiary/aromatic N) is 2. The van der Waals surface area contributed by atoms with E-state index in [1.165, 1.54) is 0 Å². The SMILES string of the molecule is Clc1noc(CC2CCCO2)n1. The number of hydrogen-bond donors (Lipinski definition) is 0. The van der Waals surface area contributed by atoms with Gasteiger partial charge in [-0.05, 0) is 29.6 Å². The van der Waals surface area contributed by atoms with Crippen LogP contribution in [-0.4, -0.2) is 22.9 Å². The summed E-state index contributed by atoms with van der Waals surface area (Å²) in [5.74, 6) is 0.562. The van der Waals surface area contributed by atoms with E-state index in [1.54, 1.807) is 0 Å². The number of rotatable bonds is 2. The van der Waals surface area contributed by atoms with Gasteiger partial charge in [0.25, 0.3) is 5.28 Å². The van der Waals surface area contributed by atoms with Crippen molar-refractivity contribution in [1.82, 2.24) is 10.1 Å². The molecule has 0 N–H and O–H groups in total. The van der Waals surface area contributed by atoms with Crippen LogP contribution >= 0.6 is 11.6 Å². The molecule has 0 aliphatic carbocycles. The van der Waals surface area contributed by atoms with Gasteiger partial charge in [-0.3, -0.25) is 0 Å². The molecular weight excluding hydrogens is 180 g/mol. The van der Waals surface area contributed by atoms with Gasteiger partial charge in [-0.1, -0.05) is 0 Å². The second kappa shape index (κ2) is 3.41. The molecule has 0 amide bonds. The molecule has 5 heteroatoms. The van der Waals surface area contributed by atoms with Crippen molar-refractivity contribution in [2.75, 3.05) is 6.61 Å². The van der Waals surface area contributed by atoms with Crippen molar-refractivity contribution in [2.24, 2.45) is 0 Å². The Bertz CT molecular complexity index is 258. The van der Waals surface area contributed by atoms with Crippen LogP contribution in [0.3, 0.4) is 0 Å². The normalized spacial score (nSPS) is 23.2. The predicted octanol–water partition coefficient (Wildman–Crippen LogP) is 1.44. The van der Waals surface area contributed by atoms with Gasteiger partial charge in [0.1, 0.15) is 0 Å². The standard InChI is InChI=1S/C7H9ClN2O2/c8-7-9-6(12-10-7)4-5-2-1-3-11-5/h5H,1-4H2. The molecule has 1 saturated heterocycles. The van der Waals surface area contributed by atoms with Crippen LogP contribution < -0.4 is 0 Å². The molecule has 1 aromatic rings. The van der Waals surface area contributed by atoms with E-state index in [0.29, 0.717) is 12.3 Å². The van der Waals surface area contributed by atoms with Gasteiger partial charge in [-0.15, -0.1) is 0 Å². The third-order valence-electron chi connectivity index (χ3n) is 1.87. The van der Waals surface area contributed by atoms with Gasteiger partial charge in [0.15, 0.2) is 0 Å². The highest BCUT2D eigenvalue weighted by Gasteiger charge is 2.18. The highest BCUT2D eigenvalue weighted by Crippen LogP contribution is 2.16. The van der Waals surface area contributed by atoms with E-state index >= 15 is 0 Å². The lowest BCUT2D eigenvalue weighted by atomic mass is 10.2. The maximum absolute atomic E-state index is 5.49. The third-order valence-corrected chi connectivity index (χ3v) is 2.02. The Morgan fingerprint density at radius 2 is 2.50 bits per heavy atom. The summed E-state index contributed by atoms with van der Waals surface area (Å²) in [6, 6.07) is 0. The Kier molecular flexibility index (Phi) is 2.28. The first-order valence-electron chi connectivity index (χ1n) is 3.94. The lowest BCUT2D eigenvalue weighted by molar-refractivity contribution is 0.104. The van der Waals surface area contributed by atoms with Gasteiger partial charge in [-0.2, -0.15) is 4.98 Å². The maximum Gasteiger partial charge on any atom is 0.263 e. The lowest BCUT2D eigenvalue weighted by Crippen LogP contribution is -2.08. The Hall–Kier alpha value is -0.610. The molecule has 1 atom stereocenters. The van der Waals surface area contributed by atoms with E-state index in [0.717, 1.165) is 19.4 Å².